The van der Waals surface area contributed by atoms with Crippen LogP contribution in [0.5, 0.6) is 0 Å². The van der Waals surface area contributed by atoms with Gasteiger partial charge in [-0.15, -0.1) is 0 Å². The van der Waals surface area contributed by atoms with Crippen LogP contribution in [-0.4, -0.2) is 11.6 Å². The topological polar surface area (TPSA) is 52.0 Å². The van der Waals surface area contributed by atoms with Gasteiger partial charge in [0.05, 0.1) is 0 Å². The van der Waals surface area contributed by atoms with Gasteiger partial charge in [-0.3, -0.25) is 0 Å². The van der Waals surface area contributed by atoms with Gasteiger partial charge < -0.3 is 11.5 Å². The normalized spacial score (nSPS) is 13.5. The van der Waals surface area contributed by atoms with Gasteiger partial charge in [-0.05, 0) is 83.5 Å². The van der Waals surface area contributed by atoms with Crippen LogP contribution in [0.1, 0.15) is 194 Å². The number of allylic oxidation sites excluding steroid dienone is 8. The van der Waals surface area contributed by atoms with Gasteiger partial charge in [-0.25, -0.2) is 0 Å². The van der Waals surface area contributed by atoms with Crippen molar-refractivity contribution in [3.05, 3.63) is 48.6 Å². The molecule has 0 heterocycles. The molecule has 1 unspecified atom stereocenters. The number of hydrogen-bond acceptors (Lipinski definition) is 2. The molecule has 0 rings (SSSR count). The lowest BCUT2D eigenvalue weighted by Gasteiger charge is -2.35. The quantitative estimate of drug-likeness (QED) is 0.0610. The van der Waals surface area contributed by atoms with Crippen LogP contribution >= 0.6 is 0 Å². The number of hydrogen-bond donors (Lipinski definition) is 2. The van der Waals surface area contributed by atoms with E-state index in [1.165, 1.54) is 141 Å². The van der Waals surface area contributed by atoms with Crippen molar-refractivity contribution < 1.29 is 0 Å². The first-order valence-corrected chi connectivity index (χ1v) is 18.7. The Bertz CT molecular complexity index is 596. The fourth-order valence-corrected chi connectivity index (χ4v) is 5.79. The summed E-state index contributed by atoms with van der Waals surface area (Å²) in [5, 5.41) is 0. The van der Waals surface area contributed by atoms with E-state index in [1.807, 2.05) is 0 Å². The Morgan fingerprint density at radius 3 is 1.07 bits per heavy atom. The van der Waals surface area contributed by atoms with Crippen molar-refractivity contribution in [3.63, 3.8) is 0 Å². The summed E-state index contributed by atoms with van der Waals surface area (Å²) in [6, 6.07) is 0.133. The van der Waals surface area contributed by atoms with Crippen LogP contribution in [0.25, 0.3) is 0 Å². The van der Waals surface area contributed by atoms with Gasteiger partial charge in [0.15, 0.2) is 0 Å². The van der Waals surface area contributed by atoms with E-state index in [0.717, 1.165) is 32.1 Å². The van der Waals surface area contributed by atoms with Crippen LogP contribution in [0, 0.1) is 0 Å². The predicted octanol–water partition coefficient (Wildman–Crippen LogP) is 12.8. The molecule has 0 saturated carbocycles. The Labute approximate surface area is 265 Å². The van der Waals surface area contributed by atoms with Crippen molar-refractivity contribution in [1.29, 1.82) is 0 Å². The van der Waals surface area contributed by atoms with E-state index in [2.05, 4.69) is 69.4 Å². The predicted molar refractivity (Wildman–Crippen MR) is 193 cm³/mol. The molecule has 2 heteroatoms. The minimum absolute atomic E-state index is 0.133. The molecule has 0 aliphatic rings. The minimum atomic E-state index is -0.167. The zero-order valence-corrected chi connectivity index (χ0v) is 28.9. The maximum atomic E-state index is 6.92. The Morgan fingerprint density at radius 1 is 0.429 bits per heavy atom. The summed E-state index contributed by atoms with van der Waals surface area (Å²) in [4.78, 5) is 0. The first-order valence-electron chi connectivity index (χ1n) is 18.7. The van der Waals surface area contributed by atoms with E-state index in [1.54, 1.807) is 0 Å². The summed E-state index contributed by atoms with van der Waals surface area (Å²) < 4.78 is 0. The molecule has 1 atom stereocenters. The smallest absolute Gasteiger partial charge is 0.0307 e. The molecule has 246 valence electrons. The molecular formula is C40H76N2. The first-order chi connectivity index (χ1) is 20.6. The van der Waals surface area contributed by atoms with Gasteiger partial charge in [0, 0.05) is 11.6 Å². The lowest BCUT2D eigenvalue weighted by atomic mass is 9.80. The molecule has 0 bridgehead atoms. The van der Waals surface area contributed by atoms with E-state index in [0.29, 0.717) is 0 Å². The Hall–Kier alpha value is -1.12. The second kappa shape index (κ2) is 32.8. The summed E-state index contributed by atoms with van der Waals surface area (Å²) in [7, 11) is 0. The van der Waals surface area contributed by atoms with Crippen LogP contribution in [0.3, 0.4) is 0 Å². The molecule has 0 saturated heterocycles. The molecule has 0 aromatic carbocycles. The molecule has 0 fully saturated rings. The van der Waals surface area contributed by atoms with Crippen LogP contribution in [-0.2, 0) is 0 Å². The molecule has 2 nitrogen and oxygen atoms in total. The third-order valence-electron chi connectivity index (χ3n) is 8.86. The summed E-state index contributed by atoms with van der Waals surface area (Å²) in [5.41, 5.74) is 13.3. The molecule has 42 heavy (non-hydrogen) atoms. The number of rotatable bonds is 32. The summed E-state index contributed by atoms with van der Waals surface area (Å²) in [6.45, 7) is 6.73. The number of unbranched alkanes of at least 4 members (excludes halogenated alkanes) is 18. The van der Waals surface area contributed by atoms with Crippen molar-refractivity contribution in [2.24, 2.45) is 11.5 Å². The highest BCUT2D eigenvalue weighted by molar-refractivity contribution is 4.94. The van der Waals surface area contributed by atoms with Crippen molar-refractivity contribution in [2.75, 3.05) is 0 Å². The average Bonchev–Trinajstić information content (AvgIpc) is 3.00. The molecular weight excluding hydrogens is 508 g/mol. The molecule has 0 aromatic heterocycles. The van der Waals surface area contributed by atoms with Crippen molar-refractivity contribution in [3.8, 4) is 0 Å². The van der Waals surface area contributed by atoms with Gasteiger partial charge in [-0.2, -0.15) is 0 Å². The number of nitrogens with two attached hydrogens (primary N) is 2. The molecule has 0 spiro atoms. The van der Waals surface area contributed by atoms with Crippen molar-refractivity contribution >= 4 is 0 Å². The van der Waals surface area contributed by atoms with Gasteiger partial charge in [0.1, 0.15) is 0 Å². The van der Waals surface area contributed by atoms with Crippen LogP contribution in [0.15, 0.2) is 48.6 Å². The van der Waals surface area contributed by atoms with Crippen LogP contribution in [0.2, 0.25) is 0 Å². The van der Waals surface area contributed by atoms with E-state index >= 15 is 0 Å². The SMILES string of the molecule is CCCCC/C=C\C/C=C\CCCCCCCCC(N)(CCCCCCCC/C=C\C/C=C\CCCCC)C(N)CC. The second-order valence-corrected chi connectivity index (χ2v) is 12.9. The highest BCUT2D eigenvalue weighted by atomic mass is 14.8. The standard InChI is InChI=1S/C40H76N2/c1-4-7-9-11-13-15-17-19-21-23-25-27-29-31-33-35-37-40(42,39(41)6-3)38-36-34-32-30-28-26-24-22-20-18-16-14-12-10-8-5-2/h13-16,19-22,39H,4-12,17-18,23-38,41-42H2,1-3H3/b15-13-,16-14-,21-19-,22-20-. The summed E-state index contributed by atoms with van der Waals surface area (Å²) in [5.74, 6) is 0. The van der Waals surface area contributed by atoms with E-state index in [-0.39, 0.29) is 11.6 Å². The average molecular weight is 585 g/mol. The Morgan fingerprint density at radius 2 is 0.738 bits per heavy atom. The van der Waals surface area contributed by atoms with Gasteiger partial charge in [0.2, 0.25) is 0 Å². The van der Waals surface area contributed by atoms with Crippen molar-refractivity contribution in [1.82, 2.24) is 0 Å². The third kappa shape index (κ3) is 27.7. The van der Waals surface area contributed by atoms with E-state index in [9.17, 15) is 0 Å². The summed E-state index contributed by atoms with van der Waals surface area (Å²) in [6.07, 6.45) is 52.9. The van der Waals surface area contributed by atoms with Gasteiger partial charge >= 0.3 is 0 Å². The molecule has 0 amide bonds. The molecule has 4 N–H and O–H groups in total. The maximum absolute atomic E-state index is 6.92. The van der Waals surface area contributed by atoms with Crippen LogP contribution in [0.4, 0.5) is 0 Å². The largest absolute Gasteiger partial charge is 0.326 e. The highest BCUT2D eigenvalue weighted by Crippen LogP contribution is 2.25. The second-order valence-electron chi connectivity index (χ2n) is 12.9. The zero-order valence-electron chi connectivity index (χ0n) is 28.9. The third-order valence-corrected chi connectivity index (χ3v) is 8.86. The zero-order chi connectivity index (χ0) is 30.8. The maximum Gasteiger partial charge on any atom is 0.0307 e. The Balaban J connectivity index is 3.78. The minimum Gasteiger partial charge on any atom is -0.326 e. The lowest BCUT2D eigenvalue weighted by Crippen LogP contribution is -2.55. The first kappa shape index (κ1) is 40.9. The molecule has 0 aromatic rings. The molecule has 0 aliphatic carbocycles. The van der Waals surface area contributed by atoms with E-state index in [4.69, 9.17) is 11.5 Å². The lowest BCUT2D eigenvalue weighted by molar-refractivity contribution is 0.273. The fourth-order valence-electron chi connectivity index (χ4n) is 5.79. The van der Waals surface area contributed by atoms with Crippen LogP contribution < -0.4 is 11.5 Å². The van der Waals surface area contributed by atoms with Gasteiger partial charge in [-0.1, -0.05) is 159 Å². The summed E-state index contributed by atoms with van der Waals surface area (Å²) >= 11 is 0. The Kier molecular flexibility index (Phi) is 31.9. The fraction of sp³-hybridized carbons (Fsp3) is 0.800. The monoisotopic (exact) mass is 585 g/mol. The molecule has 0 aliphatic heterocycles. The highest BCUT2D eigenvalue weighted by Gasteiger charge is 2.30. The van der Waals surface area contributed by atoms with Gasteiger partial charge in [0.25, 0.3) is 0 Å². The van der Waals surface area contributed by atoms with Crippen molar-refractivity contribution in [2.45, 2.75) is 206 Å². The molecule has 0 radical (unpaired) electrons. The van der Waals surface area contributed by atoms with E-state index < -0.39 is 0 Å².